The lowest BCUT2D eigenvalue weighted by Crippen LogP contribution is -2.32. The monoisotopic (exact) mass is 336 g/mol. The van der Waals surface area contributed by atoms with Crippen molar-refractivity contribution < 1.29 is 14.6 Å². The molecule has 0 aromatic carbocycles. The standard InChI is InChI=1S/C21H36O3/c1-16(2)18-9-12-20(4,15-22)19(23)14-17(3)8-7-11-21(5,24-6)13-10-18/h8,10,13,16,18,22H,7,9,11-12,14-15H2,1-6H3/b13-10+,17-8+/t18-,20-,21-/m1/s1. The number of ketones is 1. The van der Waals surface area contributed by atoms with E-state index in [-0.39, 0.29) is 18.0 Å². The Bertz CT molecular complexity index is 477. The third kappa shape index (κ3) is 5.86. The van der Waals surface area contributed by atoms with E-state index < -0.39 is 5.41 Å². The zero-order chi connectivity index (χ0) is 18.4. The van der Waals surface area contributed by atoms with Gasteiger partial charge in [-0.1, -0.05) is 44.6 Å². The zero-order valence-electron chi connectivity index (χ0n) is 16.4. The van der Waals surface area contributed by atoms with Crippen molar-refractivity contribution in [3.05, 3.63) is 23.8 Å². The maximum Gasteiger partial charge on any atom is 0.145 e. The predicted octanol–water partition coefficient (Wildman–Crippen LogP) is 4.70. The molecular formula is C21H36O3. The highest BCUT2D eigenvalue weighted by molar-refractivity contribution is 5.86. The molecule has 3 nitrogen and oxygen atoms in total. The molecule has 0 aromatic heterocycles. The van der Waals surface area contributed by atoms with Gasteiger partial charge < -0.3 is 9.84 Å². The quantitative estimate of drug-likeness (QED) is 0.760. The summed E-state index contributed by atoms with van der Waals surface area (Å²) in [7, 11) is 1.76. The van der Waals surface area contributed by atoms with Crippen molar-refractivity contribution in [3.8, 4) is 0 Å². The molecular weight excluding hydrogens is 300 g/mol. The Hall–Kier alpha value is -0.930. The first kappa shape index (κ1) is 21.1. The van der Waals surface area contributed by atoms with Gasteiger partial charge in [-0.2, -0.15) is 0 Å². The van der Waals surface area contributed by atoms with Gasteiger partial charge in [-0.25, -0.2) is 0 Å². The summed E-state index contributed by atoms with van der Waals surface area (Å²) in [5, 5.41) is 9.84. The van der Waals surface area contributed by atoms with Gasteiger partial charge in [0.05, 0.1) is 12.2 Å². The minimum atomic E-state index is -0.644. The van der Waals surface area contributed by atoms with E-state index in [2.05, 4.69) is 39.0 Å². The van der Waals surface area contributed by atoms with Crippen LogP contribution in [-0.2, 0) is 9.53 Å². The number of methoxy groups -OCH3 is 1. The van der Waals surface area contributed by atoms with Crippen LogP contribution < -0.4 is 0 Å². The summed E-state index contributed by atoms with van der Waals surface area (Å²) in [5.74, 6) is 1.03. The van der Waals surface area contributed by atoms with Crippen molar-refractivity contribution in [1.29, 1.82) is 0 Å². The van der Waals surface area contributed by atoms with E-state index in [9.17, 15) is 9.90 Å². The molecule has 0 saturated heterocycles. The molecule has 0 aliphatic heterocycles. The van der Waals surface area contributed by atoms with Crippen LogP contribution in [0.3, 0.4) is 0 Å². The van der Waals surface area contributed by atoms with Crippen LogP contribution in [0.2, 0.25) is 0 Å². The molecule has 0 aromatic rings. The Kier molecular flexibility index (Phi) is 7.88. The normalized spacial score (nSPS) is 37.1. The van der Waals surface area contributed by atoms with Crippen molar-refractivity contribution in [3.63, 3.8) is 0 Å². The third-order valence-electron chi connectivity index (χ3n) is 5.64. The molecule has 1 N–H and O–H groups in total. The maximum absolute atomic E-state index is 12.7. The molecule has 0 amide bonds. The van der Waals surface area contributed by atoms with Crippen molar-refractivity contribution in [2.75, 3.05) is 13.7 Å². The molecule has 3 atom stereocenters. The number of rotatable bonds is 3. The van der Waals surface area contributed by atoms with E-state index in [1.807, 2.05) is 13.8 Å². The lowest BCUT2D eigenvalue weighted by atomic mass is 9.76. The van der Waals surface area contributed by atoms with Crippen LogP contribution in [0.5, 0.6) is 0 Å². The second-order valence-electron chi connectivity index (χ2n) is 8.23. The van der Waals surface area contributed by atoms with E-state index in [4.69, 9.17) is 4.74 Å². The molecule has 1 rings (SSSR count). The van der Waals surface area contributed by atoms with Crippen LogP contribution in [0.15, 0.2) is 23.8 Å². The van der Waals surface area contributed by atoms with Crippen molar-refractivity contribution in [2.45, 2.75) is 72.3 Å². The highest BCUT2D eigenvalue weighted by Gasteiger charge is 2.33. The van der Waals surface area contributed by atoms with Crippen LogP contribution in [-0.4, -0.2) is 30.2 Å². The summed E-state index contributed by atoms with van der Waals surface area (Å²) in [6.45, 7) is 10.4. The van der Waals surface area contributed by atoms with Gasteiger partial charge >= 0.3 is 0 Å². The minimum absolute atomic E-state index is 0.0799. The molecule has 0 bridgehead atoms. The van der Waals surface area contributed by atoms with Gasteiger partial charge in [0.25, 0.3) is 0 Å². The number of carbonyl (C=O) groups excluding carboxylic acids is 1. The third-order valence-corrected chi connectivity index (χ3v) is 5.64. The Morgan fingerprint density at radius 2 is 2.00 bits per heavy atom. The maximum atomic E-state index is 12.7. The molecule has 0 fully saturated rings. The minimum Gasteiger partial charge on any atom is -0.395 e. The summed E-state index contributed by atoms with van der Waals surface area (Å²) in [4.78, 5) is 12.7. The van der Waals surface area contributed by atoms with Crippen molar-refractivity contribution in [1.82, 2.24) is 0 Å². The molecule has 138 valence electrons. The molecule has 0 spiro atoms. The van der Waals surface area contributed by atoms with E-state index in [1.165, 1.54) is 0 Å². The van der Waals surface area contributed by atoms with Crippen molar-refractivity contribution in [2.24, 2.45) is 17.3 Å². The van der Waals surface area contributed by atoms with Gasteiger partial charge in [-0.3, -0.25) is 4.79 Å². The fourth-order valence-electron chi connectivity index (χ4n) is 3.17. The first-order valence-electron chi connectivity index (χ1n) is 9.20. The first-order valence-corrected chi connectivity index (χ1v) is 9.20. The summed E-state index contributed by atoms with van der Waals surface area (Å²) in [5.41, 5.74) is 0.165. The summed E-state index contributed by atoms with van der Waals surface area (Å²) in [6, 6.07) is 0. The van der Waals surface area contributed by atoms with Crippen LogP contribution in [0.4, 0.5) is 0 Å². The molecule has 1 aliphatic rings. The van der Waals surface area contributed by atoms with Crippen LogP contribution >= 0.6 is 0 Å². The van der Waals surface area contributed by atoms with Gasteiger partial charge in [0.15, 0.2) is 0 Å². The van der Waals surface area contributed by atoms with E-state index >= 15 is 0 Å². The lowest BCUT2D eigenvalue weighted by Gasteiger charge is -2.29. The fraction of sp³-hybridized carbons (Fsp3) is 0.762. The van der Waals surface area contributed by atoms with Gasteiger partial charge in [0.1, 0.15) is 5.78 Å². The first-order chi connectivity index (χ1) is 11.2. The molecule has 3 heteroatoms. The molecule has 0 unspecified atom stereocenters. The lowest BCUT2D eigenvalue weighted by molar-refractivity contribution is -0.130. The fourth-order valence-corrected chi connectivity index (χ4v) is 3.17. The topological polar surface area (TPSA) is 46.5 Å². The molecule has 24 heavy (non-hydrogen) atoms. The Morgan fingerprint density at radius 1 is 1.33 bits per heavy atom. The summed E-state index contributed by atoms with van der Waals surface area (Å²) < 4.78 is 5.74. The number of aliphatic hydroxyl groups excluding tert-OH is 1. The molecule has 0 heterocycles. The van der Waals surface area contributed by atoms with Gasteiger partial charge in [-0.15, -0.1) is 0 Å². The second-order valence-corrected chi connectivity index (χ2v) is 8.23. The molecule has 0 saturated carbocycles. The smallest absolute Gasteiger partial charge is 0.145 e. The van der Waals surface area contributed by atoms with E-state index in [1.54, 1.807) is 7.11 Å². The van der Waals surface area contributed by atoms with Gasteiger partial charge in [-0.05, 0) is 51.4 Å². The highest BCUT2D eigenvalue weighted by atomic mass is 16.5. The zero-order valence-corrected chi connectivity index (χ0v) is 16.4. The SMILES string of the molecule is CO[C@@]1(C)/C=C/[C@H](C(C)C)CC[C@](C)(CO)C(=O)C/C(C)=C/CC1. The predicted molar refractivity (Wildman–Crippen MR) is 99.9 cm³/mol. The average molecular weight is 337 g/mol. The second kappa shape index (κ2) is 8.96. The van der Waals surface area contributed by atoms with Crippen LogP contribution in [0.1, 0.15) is 66.7 Å². The largest absolute Gasteiger partial charge is 0.395 e. The van der Waals surface area contributed by atoms with Crippen LogP contribution in [0, 0.1) is 17.3 Å². The van der Waals surface area contributed by atoms with Crippen LogP contribution in [0.25, 0.3) is 0 Å². The Labute approximate surface area is 148 Å². The summed E-state index contributed by atoms with van der Waals surface area (Å²) >= 11 is 0. The van der Waals surface area contributed by atoms with Gasteiger partial charge in [0.2, 0.25) is 0 Å². The Balaban J connectivity index is 3.13. The molecule has 0 radical (unpaired) electrons. The summed E-state index contributed by atoms with van der Waals surface area (Å²) in [6.07, 6.45) is 10.4. The number of allylic oxidation sites excluding steroid dienone is 3. The van der Waals surface area contributed by atoms with E-state index in [0.29, 0.717) is 24.7 Å². The number of hydrogen-bond acceptors (Lipinski definition) is 3. The van der Waals surface area contributed by atoms with Crippen molar-refractivity contribution >= 4 is 5.78 Å². The highest BCUT2D eigenvalue weighted by Crippen LogP contribution is 2.33. The number of aliphatic hydroxyl groups is 1. The number of carbonyl (C=O) groups is 1. The Morgan fingerprint density at radius 3 is 2.54 bits per heavy atom. The number of ether oxygens (including phenoxy) is 1. The molecule has 1 aliphatic carbocycles. The number of Topliss-reactive ketones (excluding diaryl/α,β-unsaturated/α-hetero) is 1. The average Bonchev–Trinajstić information content (AvgIpc) is 2.53. The number of hydrogen-bond donors (Lipinski definition) is 1. The van der Waals surface area contributed by atoms with E-state index in [0.717, 1.165) is 24.8 Å². The van der Waals surface area contributed by atoms with Gasteiger partial charge in [0, 0.05) is 18.9 Å².